The summed E-state index contributed by atoms with van der Waals surface area (Å²) in [5.41, 5.74) is 2.79. The van der Waals surface area contributed by atoms with E-state index < -0.39 is 0 Å². The van der Waals surface area contributed by atoms with Crippen molar-refractivity contribution < 1.29 is 14.6 Å². The topological polar surface area (TPSA) is 38.0 Å². The maximum atomic E-state index is 10.8. The lowest BCUT2D eigenvalue weighted by Crippen LogP contribution is -3.27. The maximum Gasteiger partial charge on any atom is 0.217 e. The number of carbonyl (C=O) groups excluding carboxylic acids is 1. The van der Waals surface area contributed by atoms with Crippen LogP contribution in [0.3, 0.4) is 0 Å². The van der Waals surface area contributed by atoms with E-state index in [2.05, 4.69) is 36.5 Å². The highest BCUT2D eigenvalue weighted by atomic mass is 16.1. The van der Waals surface area contributed by atoms with Crippen molar-refractivity contribution in [3.63, 3.8) is 0 Å². The van der Waals surface area contributed by atoms with Crippen LogP contribution in [-0.4, -0.2) is 45.2 Å². The number of aryl methyl sites for hydroxylation is 1. The minimum atomic E-state index is 0.0770. The molecule has 0 bridgehead atoms. The molecule has 0 unspecified atom stereocenters. The summed E-state index contributed by atoms with van der Waals surface area (Å²) in [6, 6.07) is 8.83. The Balaban J connectivity index is 1.70. The Bertz CT molecular complexity index is 439. The first-order chi connectivity index (χ1) is 9.63. The molecule has 1 aliphatic rings. The van der Waals surface area contributed by atoms with Gasteiger partial charge in [-0.1, -0.05) is 29.8 Å². The molecule has 0 spiro atoms. The molecule has 3 N–H and O–H groups in total. The van der Waals surface area contributed by atoms with Gasteiger partial charge < -0.3 is 15.1 Å². The molecular weight excluding hydrogens is 250 g/mol. The molecule has 4 nitrogen and oxygen atoms in total. The molecular formula is C16H27N3O+2. The van der Waals surface area contributed by atoms with Gasteiger partial charge in [-0.2, -0.15) is 0 Å². The third-order valence-corrected chi connectivity index (χ3v) is 4.05. The molecule has 1 heterocycles. The normalized spacial score (nSPS) is 22.5. The zero-order valence-electron chi connectivity index (χ0n) is 12.7. The monoisotopic (exact) mass is 277 g/mol. The number of amides is 1. The van der Waals surface area contributed by atoms with Gasteiger partial charge in [0.1, 0.15) is 32.7 Å². The average Bonchev–Trinajstić information content (AvgIpc) is 2.40. The van der Waals surface area contributed by atoms with Gasteiger partial charge in [-0.25, -0.2) is 0 Å². The first-order valence-corrected chi connectivity index (χ1v) is 7.60. The molecule has 1 aromatic rings. The van der Waals surface area contributed by atoms with E-state index in [-0.39, 0.29) is 5.91 Å². The Morgan fingerprint density at radius 2 is 1.90 bits per heavy atom. The molecule has 0 radical (unpaired) electrons. The van der Waals surface area contributed by atoms with Gasteiger partial charge in [0, 0.05) is 12.5 Å². The first-order valence-electron chi connectivity index (χ1n) is 7.60. The fraction of sp³-hybridized carbons (Fsp3) is 0.562. The Labute approximate surface area is 121 Å². The van der Waals surface area contributed by atoms with Gasteiger partial charge in [-0.05, 0) is 6.92 Å². The summed E-state index contributed by atoms with van der Waals surface area (Å²) in [5, 5.41) is 2.88. The molecule has 0 saturated carbocycles. The second-order valence-electron chi connectivity index (χ2n) is 5.90. The van der Waals surface area contributed by atoms with Crippen LogP contribution in [0, 0.1) is 6.92 Å². The quantitative estimate of drug-likeness (QED) is 0.597. The number of hydrogen-bond acceptors (Lipinski definition) is 1. The predicted octanol–water partition coefficient (Wildman–Crippen LogP) is -1.59. The summed E-state index contributed by atoms with van der Waals surface area (Å²) >= 11 is 0. The van der Waals surface area contributed by atoms with Crippen molar-refractivity contribution in [2.75, 3.05) is 39.3 Å². The number of piperazine rings is 1. The number of rotatable bonds is 5. The third-order valence-electron chi connectivity index (χ3n) is 4.05. The number of hydrogen-bond donors (Lipinski definition) is 3. The van der Waals surface area contributed by atoms with Crippen molar-refractivity contribution in [2.24, 2.45) is 0 Å². The second kappa shape index (κ2) is 7.41. The van der Waals surface area contributed by atoms with Gasteiger partial charge >= 0.3 is 0 Å². The largest absolute Gasteiger partial charge is 0.351 e. The lowest BCUT2D eigenvalue weighted by atomic mass is 10.1. The van der Waals surface area contributed by atoms with Crippen molar-refractivity contribution >= 4 is 5.91 Å². The molecule has 0 atom stereocenters. The third kappa shape index (κ3) is 4.94. The van der Waals surface area contributed by atoms with E-state index in [0.29, 0.717) is 0 Å². The summed E-state index contributed by atoms with van der Waals surface area (Å²) in [5.74, 6) is 0.0770. The Morgan fingerprint density at radius 3 is 2.55 bits per heavy atom. The van der Waals surface area contributed by atoms with Gasteiger partial charge in [0.05, 0.1) is 13.1 Å². The van der Waals surface area contributed by atoms with Crippen molar-refractivity contribution in [3.05, 3.63) is 35.4 Å². The van der Waals surface area contributed by atoms with Crippen LogP contribution in [0.2, 0.25) is 0 Å². The van der Waals surface area contributed by atoms with E-state index >= 15 is 0 Å². The van der Waals surface area contributed by atoms with Crippen LogP contribution in [0.4, 0.5) is 0 Å². The molecule has 2 rings (SSSR count). The summed E-state index contributed by atoms with van der Waals surface area (Å²) in [4.78, 5) is 14.1. The van der Waals surface area contributed by atoms with E-state index in [9.17, 15) is 4.79 Å². The minimum absolute atomic E-state index is 0.0770. The van der Waals surface area contributed by atoms with Crippen molar-refractivity contribution in [1.82, 2.24) is 5.32 Å². The summed E-state index contributed by atoms with van der Waals surface area (Å²) in [6.07, 6.45) is 0. The minimum Gasteiger partial charge on any atom is -0.351 e. The fourth-order valence-electron chi connectivity index (χ4n) is 2.91. The molecule has 1 fully saturated rings. The second-order valence-corrected chi connectivity index (χ2v) is 5.90. The Morgan fingerprint density at radius 1 is 1.20 bits per heavy atom. The standard InChI is InChI=1S/C16H25N3O/c1-14-4-3-5-16(12-14)13-19-10-8-18(9-11-19)7-6-17-15(2)20/h3-5,12H,6-11,13H2,1-2H3,(H,17,20)/p+2. The van der Waals surface area contributed by atoms with Gasteiger partial charge in [0.25, 0.3) is 0 Å². The highest BCUT2D eigenvalue weighted by molar-refractivity contribution is 5.72. The van der Waals surface area contributed by atoms with E-state index in [4.69, 9.17) is 0 Å². The lowest BCUT2D eigenvalue weighted by molar-refractivity contribution is -1.02. The van der Waals surface area contributed by atoms with Crippen LogP contribution < -0.4 is 15.1 Å². The van der Waals surface area contributed by atoms with Crippen molar-refractivity contribution in [1.29, 1.82) is 0 Å². The fourth-order valence-corrected chi connectivity index (χ4v) is 2.91. The average molecular weight is 277 g/mol. The van der Waals surface area contributed by atoms with E-state index in [1.165, 1.54) is 37.3 Å². The summed E-state index contributed by atoms with van der Waals surface area (Å²) < 4.78 is 0. The summed E-state index contributed by atoms with van der Waals surface area (Å²) in [6.45, 7) is 11.6. The SMILES string of the molecule is CC(=O)NCC[NH+]1CC[NH+](Cc2cccc(C)c2)CC1. The number of quaternary nitrogens is 2. The Kier molecular flexibility index (Phi) is 5.56. The highest BCUT2D eigenvalue weighted by Gasteiger charge is 2.22. The van der Waals surface area contributed by atoms with Crippen LogP contribution in [0.25, 0.3) is 0 Å². The molecule has 0 aromatic heterocycles. The molecule has 0 aliphatic carbocycles. The van der Waals surface area contributed by atoms with Crippen LogP contribution in [0.15, 0.2) is 24.3 Å². The highest BCUT2D eigenvalue weighted by Crippen LogP contribution is 2.01. The van der Waals surface area contributed by atoms with Crippen molar-refractivity contribution in [3.8, 4) is 0 Å². The maximum absolute atomic E-state index is 10.8. The molecule has 1 aromatic carbocycles. The lowest BCUT2D eigenvalue weighted by Gasteiger charge is -2.29. The summed E-state index contributed by atoms with van der Waals surface area (Å²) in [7, 11) is 0. The molecule has 110 valence electrons. The van der Waals surface area contributed by atoms with E-state index in [1.807, 2.05) is 0 Å². The smallest absolute Gasteiger partial charge is 0.217 e. The van der Waals surface area contributed by atoms with Gasteiger partial charge in [-0.3, -0.25) is 4.79 Å². The predicted molar refractivity (Wildman–Crippen MR) is 79.8 cm³/mol. The van der Waals surface area contributed by atoms with E-state index in [0.717, 1.165) is 19.6 Å². The molecule has 20 heavy (non-hydrogen) atoms. The van der Waals surface area contributed by atoms with Gasteiger partial charge in [-0.15, -0.1) is 0 Å². The van der Waals surface area contributed by atoms with Crippen molar-refractivity contribution in [2.45, 2.75) is 20.4 Å². The molecule has 1 saturated heterocycles. The molecule has 4 heteroatoms. The van der Waals surface area contributed by atoms with Crippen LogP contribution in [0.5, 0.6) is 0 Å². The van der Waals surface area contributed by atoms with Crippen LogP contribution in [0.1, 0.15) is 18.1 Å². The van der Waals surface area contributed by atoms with E-state index in [1.54, 1.807) is 16.7 Å². The number of nitrogens with one attached hydrogen (secondary N) is 3. The van der Waals surface area contributed by atoms with Gasteiger partial charge in [0.2, 0.25) is 5.91 Å². The van der Waals surface area contributed by atoms with Gasteiger partial charge in [0.15, 0.2) is 0 Å². The van der Waals surface area contributed by atoms with Crippen LogP contribution >= 0.6 is 0 Å². The zero-order chi connectivity index (χ0) is 14.4. The molecule has 1 amide bonds. The first kappa shape index (κ1) is 15.0. The van der Waals surface area contributed by atoms with Crippen LogP contribution in [-0.2, 0) is 11.3 Å². The zero-order valence-corrected chi connectivity index (χ0v) is 12.7. The Hall–Kier alpha value is -1.39. The molecule has 1 aliphatic heterocycles. The number of benzene rings is 1. The number of carbonyl (C=O) groups is 1.